The Balaban J connectivity index is 1.36. The maximum Gasteiger partial charge on any atom is 0.361 e. The second-order valence-corrected chi connectivity index (χ2v) is 8.22. The summed E-state index contributed by atoms with van der Waals surface area (Å²) in [5.41, 5.74) is 2.35. The van der Waals surface area contributed by atoms with Crippen molar-refractivity contribution in [1.29, 1.82) is 0 Å². The third kappa shape index (κ3) is 3.67. The quantitative estimate of drug-likeness (QED) is 0.381. The fraction of sp³-hybridized carbons (Fsp3) is 0.0800. The lowest BCUT2D eigenvalue weighted by Gasteiger charge is -2.30. The highest BCUT2D eigenvalue weighted by atomic mass is 32.2. The second-order valence-electron chi connectivity index (χ2n) is 7.13. The van der Waals surface area contributed by atoms with Crippen LogP contribution in [0.2, 0.25) is 0 Å². The molecule has 0 fully saturated rings. The Bertz CT molecular complexity index is 1270. The van der Waals surface area contributed by atoms with E-state index < -0.39 is 12.6 Å². The maximum atomic E-state index is 13.2. The number of aromatic nitrogens is 1. The summed E-state index contributed by atoms with van der Waals surface area (Å²) in [6, 6.07) is 24.6. The first-order chi connectivity index (χ1) is 15.6. The van der Waals surface area contributed by atoms with E-state index in [9.17, 15) is 9.59 Å². The van der Waals surface area contributed by atoms with Gasteiger partial charge in [0, 0.05) is 15.4 Å². The number of carbonyl (C=O) groups is 2. The molecule has 4 aromatic rings. The Morgan fingerprint density at radius 2 is 1.50 bits per heavy atom. The number of aryl methyl sites for hydroxylation is 1. The van der Waals surface area contributed by atoms with Crippen LogP contribution in [0.25, 0.3) is 11.5 Å². The van der Waals surface area contributed by atoms with Gasteiger partial charge in [0.2, 0.25) is 5.89 Å². The first kappa shape index (κ1) is 20.1. The van der Waals surface area contributed by atoms with Gasteiger partial charge in [-0.15, -0.1) is 0 Å². The number of nitrogens with zero attached hydrogens (tertiary/aromatic N) is 2. The standard InChI is InChI=1S/C25H18N2O4S/c1-16-23(26-24(31-16)17-9-3-2-4-10-17)25(29)30-15-22(28)27-18-11-5-7-13-20(18)32-21-14-8-6-12-19(21)27/h2-14H,15H2,1H3. The Labute approximate surface area is 188 Å². The number of hydrogen-bond donors (Lipinski definition) is 0. The lowest BCUT2D eigenvalue weighted by Crippen LogP contribution is -2.32. The van der Waals surface area contributed by atoms with E-state index in [1.54, 1.807) is 23.6 Å². The van der Waals surface area contributed by atoms with Crippen LogP contribution in [-0.2, 0) is 9.53 Å². The SMILES string of the molecule is Cc1oc(-c2ccccc2)nc1C(=O)OCC(=O)N1c2ccccc2Sc2ccccc21. The number of rotatable bonds is 4. The molecule has 158 valence electrons. The molecule has 0 saturated carbocycles. The Kier molecular flexibility index (Phi) is 5.25. The molecular weight excluding hydrogens is 424 g/mol. The molecule has 0 radical (unpaired) electrons. The van der Waals surface area contributed by atoms with Crippen molar-refractivity contribution in [3.63, 3.8) is 0 Å². The molecule has 1 aromatic heterocycles. The van der Waals surface area contributed by atoms with E-state index in [1.165, 1.54) is 0 Å². The molecule has 0 aliphatic carbocycles. The summed E-state index contributed by atoms with van der Waals surface area (Å²) in [6.07, 6.45) is 0. The summed E-state index contributed by atoms with van der Waals surface area (Å²) >= 11 is 1.60. The van der Waals surface area contributed by atoms with E-state index in [-0.39, 0.29) is 11.6 Å². The van der Waals surface area contributed by atoms with Crippen molar-refractivity contribution in [3.8, 4) is 11.5 Å². The van der Waals surface area contributed by atoms with Gasteiger partial charge in [0.25, 0.3) is 5.91 Å². The van der Waals surface area contributed by atoms with Crippen molar-refractivity contribution in [2.45, 2.75) is 16.7 Å². The van der Waals surface area contributed by atoms with Gasteiger partial charge >= 0.3 is 5.97 Å². The zero-order chi connectivity index (χ0) is 22.1. The Morgan fingerprint density at radius 3 is 2.16 bits per heavy atom. The molecule has 6 nitrogen and oxygen atoms in total. The van der Waals surface area contributed by atoms with Gasteiger partial charge in [-0.1, -0.05) is 54.2 Å². The average molecular weight is 442 g/mol. The van der Waals surface area contributed by atoms with Crippen LogP contribution in [0.4, 0.5) is 11.4 Å². The molecule has 0 N–H and O–H groups in total. The molecule has 1 aliphatic heterocycles. The number of carbonyl (C=O) groups excluding carboxylic acids is 2. The van der Waals surface area contributed by atoms with Gasteiger partial charge in [-0.3, -0.25) is 9.69 Å². The van der Waals surface area contributed by atoms with Crippen molar-refractivity contribution in [2.75, 3.05) is 11.5 Å². The van der Waals surface area contributed by atoms with Crippen molar-refractivity contribution >= 4 is 35.0 Å². The van der Waals surface area contributed by atoms with E-state index in [1.807, 2.05) is 78.9 Å². The second kappa shape index (κ2) is 8.36. The minimum Gasteiger partial charge on any atom is -0.451 e. The van der Waals surface area contributed by atoms with Crippen LogP contribution in [0.1, 0.15) is 16.2 Å². The van der Waals surface area contributed by atoms with Crippen LogP contribution >= 0.6 is 11.8 Å². The number of anilines is 2. The van der Waals surface area contributed by atoms with Crippen molar-refractivity contribution < 1.29 is 18.7 Å². The van der Waals surface area contributed by atoms with Gasteiger partial charge in [0.15, 0.2) is 12.3 Å². The first-order valence-electron chi connectivity index (χ1n) is 10.0. The molecule has 0 saturated heterocycles. The highest BCUT2D eigenvalue weighted by Gasteiger charge is 2.29. The average Bonchev–Trinajstić information content (AvgIpc) is 3.23. The molecule has 0 spiro atoms. The molecule has 3 aromatic carbocycles. The third-order valence-electron chi connectivity index (χ3n) is 5.02. The predicted octanol–water partition coefficient (Wildman–Crippen LogP) is 5.64. The predicted molar refractivity (Wildman–Crippen MR) is 121 cm³/mol. The third-order valence-corrected chi connectivity index (χ3v) is 6.15. The Morgan fingerprint density at radius 1 is 0.906 bits per heavy atom. The summed E-state index contributed by atoms with van der Waals surface area (Å²) < 4.78 is 11.0. The zero-order valence-corrected chi connectivity index (χ0v) is 18.0. The van der Waals surface area contributed by atoms with Gasteiger partial charge in [-0.2, -0.15) is 0 Å². The van der Waals surface area contributed by atoms with E-state index in [0.717, 1.165) is 26.7 Å². The minimum atomic E-state index is -0.699. The number of esters is 1. The monoisotopic (exact) mass is 442 g/mol. The minimum absolute atomic E-state index is 0.0617. The van der Waals surface area contributed by atoms with E-state index in [2.05, 4.69) is 4.98 Å². The normalized spacial score (nSPS) is 12.1. The number of benzene rings is 3. The lowest BCUT2D eigenvalue weighted by molar-refractivity contribution is -0.121. The topological polar surface area (TPSA) is 72.6 Å². The number of ether oxygens (including phenoxy) is 1. The molecule has 1 aliphatic rings. The molecule has 5 rings (SSSR count). The fourth-order valence-corrected chi connectivity index (χ4v) is 4.58. The van der Waals surface area contributed by atoms with E-state index in [4.69, 9.17) is 9.15 Å². The summed E-state index contributed by atoms with van der Waals surface area (Å²) in [6.45, 7) is 1.23. The van der Waals surface area contributed by atoms with Crippen molar-refractivity contribution in [3.05, 3.63) is 90.3 Å². The summed E-state index contributed by atoms with van der Waals surface area (Å²) in [5, 5.41) is 0. The van der Waals surface area contributed by atoms with E-state index >= 15 is 0 Å². The molecule has 1 amide bonds. The van der Waals surface area contributed by atoms with Crippen LogP contribution in [0.5, 0.6) is 0 Å². The Hall–Kier alpha value is -3.84. The van der Waals surface area contributed by atoms with Gasteiger partial charge in [0.05, 0.1) is 11.4 Å². The number of para-hydroxylation sites is 2. The highest BCUT2D eigenvalue weighted by molar-refractivity contribution is 7.99. The van der Waals surface area contributed by atoms with E-state index in [0.29, 0.717) is 11.7 Å². The van der Waals surface area contributed by atoms with Crippen LogP contribution < -0.4 is 4.90 Å². The molecule has 7 heteroatoms. The fourth-order valence-electron chi connectivity index (χ4n) is 3.52. The molecular formula is C25H18N2O4S. The number of amides is 1. The van der Waals surface area contributed by atoms with Gasteiger partial charge in [0.1, 0.15) is 5.76 Å². The zero-order valence-electron chi connectivity index (χ0n) is 17.1. The van der Waals surface area contributed by atoms with Crippen molar-refractivity contribution in [1.82, 2.24) is 4.98 Å². The van der Waals surface area contributed by atoms with Gasteiger partial charge in [-0.05, 0) is 43.3 Å². The van der Waals surface area contributed by atoms with Gasteiger partial charge in [-0.25, -0.2) is 9.78 Å². The molecule has 0 unspecified atom stereocenters. The van der Waals surface area contributed by atoms with Crippen molar-refractivity contribution in [2.24, 2.45) is 0 Å². The molecule has 0 atom stereocenters. The summed E-state index contributed by atoms with van der Waals surface area (Å²) in [4.78, 5) is 33.6. The number of hydrogen-bond acceptors (Lipinski definition) is 6. The first-order valence-corrected chi connectivity index (χ1v) is 10.8. The highest BCUT2D eigenvalue weighted by Crippen LogP contribution is 2.47. The molecule has 2 heterocycles. The number of fused-ring (bicyclic) bond motifs is 2. The number of oxazole rings is 1. The maximum absolute atomic E-state index is 13.2. The largest absolute Gasteiger partial charge is 0.451 e. The smallest absolute Gasteiger partial charge is 0.361 e. The van der Waals surface area contributed by atoms with Crippen LogP contribution in [0.3, 0.4) is 0 Å². The molecule has 0 bridgehead atoms. The lowest BCUT2D eigenvalue weighted by atomic mass is 10.2. The van der Waals surface area contributed by atoms with Crippen LogP contribution in [-0.4, -0.2) is 23.5 Å². The molecule has 32 heavy (non-hydrogen) atoms. The summed E-state index contributed by atoms with van der Waals surface area (Å²) in [5.74, 6) is -0.374. The van der Waals surface area contributed by atoms with Crippen LogP contribution in [0.15, 0.2) is 93.1 Å². The summed E-state index contributed by atoms with van der Waals surface area (Å²) in [7, 11) is 0. The van der Waals surface area contributed by atoms with Gasteiger partial charge < -0.3 is 9.15 Å². The van der Waals surface area contributed by atoms with Crippen LogP contribution in [0, 0.1) is 6.92 Å².